The Bertz CT molecular complexity index is 10.8. The molecule has 0 N–H and O–H groups in total. The first-order valence-electron chi connectivity index (χ1n) is 0.612. The van der Waals surface area contributed by atoms with E-state index in [9.17, 15) is 0 Å². The number of rotatable bonds is 0. The third-order valence-corrected chi connectivity index (χ3v) is 0. The van der Waals surface area contributed by atoms with Gasteiger partial charge in [-0.3, -0.25) is 0 Å². The average Bonchev–Trinajstić information content (AvgIpc) is 0.918. The van der Waals surface area contributed by atoms with E-state index in [1.165, 1.54) is 0 Å². The third kappa shape index (κ3) is 33.6. The fourth-order valence-electron chi connectivity index (χ4n) is 0. The first kappa shape index (κ1) is 24.0. The second-order valence-electron chi connectivity index (χ2n) is 0.204. The molecule has 0 atom stereocenters. The fraction of sp³-hybridized carbons (Fsp3) is 1.00. The zero-order valence-electron chi connectivity index (χ0n) is 3.13. The van der Waals surface area contributed by atoms with Crippen molar-refractivity contribution >= 4 is 50.9 Å². The van der Waals surface area contributed by atoms with Gasteiger partial charge in [-0.1, -0.05) is 0 Å². The van der Waals surface area contributed by atoms with Crippen LogP contribution in [0.5, 0.6) is 0 Å². The van der Waals surface area contributed by atoms with Crippen molar-refractivity contribution in [2.24, 2.45) is 0 Å². The summed E-state index contributed by atoms with van der Waals surface area (Å²) in [6, 6.07) is 0. The summed E-state index contributed by atoms with van der Waals surface area (Å²) in [4.78, 5) is 0. The molecule has 0 saturated carbocycles. The van der Waals surface area contributed by atoms with Crippen LogP contribution in [-0.4, -0.2) is 7.11 Å². The van der Waals surface area contributed by atoms with Gasteiger partial charge in [0.05, 0.1) is 0 Å². The molecule has 1 nitrogen and oxygen atoms in total. The Labute approximate surface area is 85.0 Å². The van der Waals surface area contributed by atoms with E-state index >= 15 is 0 Å². The summed E-state index contributed by atoms with van der Waals surface area (Å²) < 4.78 is 4.34. The van der Waals surface area contributed by atoms with Gasteiger partial charge >= 0.3 is 35.1 Å². The SMILES string of the molecule is Br.Br.Br.C[O][Zr]. The van der Waals surface area contributed by atoms with Crippen molar-refractivity contribution in [3.8, 4) is 0 Å². The van der Waals surface area contributed by atoms with Crippen molar-refractivity contribution in [2.45, 2.75) is 0 Å². The van der Waals surface area contributed by atoms with E-state index in [2.05, 4.69) is 2.81 Å². The molecule has 0 unspecified atom stereocenters. The molecule has 0 spiro atoms. The van der Waals surface area contributed by atoms with Crippen LogP contribution in [0.4, 0.5) is 0 Å². The first-order valence-corrected chi connectivity index (χ1v) is 1.62. The summed E-state index contributed by atoms with van der Waals surface area (Å²) >= 11 is 1.14. The molecule has 0 aromatic rings. The molecule has 0 aromatic heterocycles. The molecule has 0 fully saturated rings. The molecule has 41 valence electrons. The van der Waals surface area contributed by atoms with Gasteiger partial charge in [-0.05, 0) is 0 Å². The molecule has 0 aliphatic rings. The van der Waals surface area contributed by atoms with Crippen LogP contribution in [-0.2, 0) is 28.0 Å². The van der Waals surface area contributed by atoms with Crippen LogP contribution in [0.2, 0.25) is 0 Å². The maximum atomic E-state index is 4.34. The van der Waals surface area contributed by atoms with E-state index in [4.69, 9.17) is 0 Å². The average molecular weight is 365 g/mol. The van der Waals surface area contributed by atoms with Gasteiger partial charge in [0.15, 0.2) is 0 Å². The number of halogens is 3. The second-order valence-corrected chi connectivity index (χ2v) is 1.21. The van der Waals surface area contributed by atoms with Gasteiger partial charge in [0, 0.05) is 0 Å². The summed E-state index contributed by atoms with van der Waals surface area (Å²) in [5, 5.41) is 0. The van der Waals surface area contributed by atoms with Crippen molar-refractivity contribution in [1.29, 1.82) is 0 Å². The standard InChI is InChI=1S/CH3O.3BrH.Zr/c1-2;;;;/h1H3;3*1H;/q-1;;;;+1. The molecule has 0 rings (SSSR count). The van der Waals surface area contributed by atoms with Crippen LogP contribution < -0.4 is 0 Å². The Morgan fingerprint density at radius 2 is 1.17 bits per heavy atom. The second kappa shape index (κ2) is 26.7. The van der Waals surface area contributed by atoms with E-state index in [1.54, 1.807) is 7.11 Å². The molecule has 0 aliphatic carbocycles. The fourth-order valence-corrected chi connectivity index (χ4v) is 0. The summed E-state index contributed by atoms with van der Waals surface area (Å²) in [7, 11) is 1.66. The summed E-state index contributed by atoms with van der Waals surface area (Å²) in [6.07, 6.45) is 0. The van der Waals surface area contributed by atoms with Crippen molar-refractivity contribution < 1.29 is 28.0 Å². The molecule has 0 aliphatic heterocycles. The van der Waals surface area contributed by atoms with E-state index in [0.29, 0.717) is 0 Å². The van der Waals surface area contributed by atoms with Gasteiger partial charge in [0.1, 0.15) is 0 Å². The van der Waals surface area contributed by atoms with Gasteiger partial charge in [-0.2, -0.15) is 0 Å². The molecule has 0 radical (unpaired) electrons. The van der Waals surface area contributed by atoms with Gasteiger partial charge in [0.2, 0.25) is 0 Å². The molecule has 0 amide bonds. The molecular weight excluding hydrogens is 359 g/mol. The normalized spacial score (nSPS) is 2.67. The zero-order valence-corrected chi connectivity index (χ0v) is 10.7. The predicted octanol–water partition coefficient (Wildman–Crippen LogP) is 1.83. The van der Waals surface area contributed by atoms with E-state index in [0.717, 1.165) is 25.2 Å². The van der Waals surface area contributed by atoms with Crippen LogP contribution >= 0.6 is 50.9 Å². The molecule has 0 saturated heterocycles. The molecule has 0 bridgehead atoms. The third-order valence-electron chi connectivity index (χ3n) is 0. The Morgan fingerprint density at radius 1 is 1.17 bits per heavy atom. The Morgan fingerprint density at radius 3 is 1.17 bits per heavy atom. The molecule has 6 heavy (non-hydrogen) atoms. The number of hydrogen-bond acceptors (Lipinski definition) is 1. The quantitative estimate of drug-likeness (QED) is 0.637. The van der Waals surface area contributed by atoms with Crippen LogP contribution in [0.15, 0.2) is 0 Å². The van der Waals surface area contributed by atoms with Crippen LogP contribution in [0, 0.1) is 0 Å². The number of hydrogen-bond donors (Lipinski definition) is 0. The zero-order chi connectivity index (χ0) is 2.71. The van der Waals surface area contributed by atoms with Crippen molar-refractivity contribution in [3.05, 3.63) is 0 Å². The van der Waals surface area contributed by atoms with Crippen LogP contribution in [0.3, 0.4) is 0 Å². The topological polar surface area (TPSA) is 9.23 Å². The van der Waals surface area contributed by atoms with Crippen LogP contribution in [0.25, 0.3) is 0 Å². The summed E-state index contributed by atoms with van der Waals surface area (Å²) in [5.41, 5.74) is 0. The Hall–Kier alpha value is 2.28. The van der Waals surface area contributed by atoms with Gasteiger partial charge < -0.3 is 0 Å². The Balaban J connectivity index is -0.00000000667. The van der Waals surface area contributed by atoms with Gasteiger partial charge in [-0.25, -0.2) is 0 Å². The van der Waals surface area contributed by atoms with Gasteiger partial charge in [0.25, 0.3) is 0 Å². The minimum absolute atomic E-state index is 0. The molecule has 5 heteroatoms. The van der Waals surface area contributed by atoms with E-state index in [1.807, 2.05) is 0 Å². The molecular formula is CH6Br3OZr. The van der Waals surface area contributed by atoms with Crippen molar-refractivity contribution in [2.75, 3.05) is 7.11 Å². The molecule has 0 aromatic carbocycles. The summed E-state index contributed by atoms with van der Waals surface area (Å²) in [5.74, 6) is 0. The van der Waals surface area contributed by atoms with Gasteiger partial charge in [-0.15, -0.1) is 50.9 Å². The predicted molar refractivity (Wildman–Crippen MR) is 38.0 cm³/mol. The minimum atomic E-state index is 0. The molecule has 0 heterocycles. The Kier molecular flexibility index (Phi) is 106. The van der Waals surface area contributed by atoms with E-state index < -0.39 is 0 Å². The summed E-state index contributed by atoms with van der Waals surface area (Å²) in [6.45, 7) is 0. The van der Waals surface area contributed by atoms with Crippen molar-refractivity contribution in [1.82, 2.24) is 0 Å². The van der Waals surface area contributed by atoms with Crippen LogP contribution in [0.1, 0.15) is 0 Å². The van der Waals surface area contributed by atoms with E-state index in [-0.39, 0.29) is 50.9 Å². The monoisotopic (exact) mass is 361 g/mol. The maximum absolute atomic E-state index is 4.34. The first-order chi connectivity index (χ1) is 1.41. The van der Waals surface area contributed by atoms with Crippen molar-refractivity contribution in [3.63, 3.8) is 0 Å².